The van der Waals surface area contributed by atoms with Gasteiger partial charge in [-0.3, -0.25) is 0 Å². The van der Waals surface area contributed by atoms with Gasteiger partial charge in [0.1, 0.15) is 0 Å². The van der Waals surface area contributed by atoms with Gasteiger partial charge in [0, 0.05) is 47.8 Å². The molecule has 8 rings (SSSR count). The van der Waals surface area contributed by atoms with Crippen molar-refractivity contribution in [1.82, 2.24) is 19.9 Å². The number of rotatable bonds is 7. The molecule has 0 unspecified atom stereocenters. The number of fused-ring (bicyclic) bond motifs is 3. The first-order chi connectivity index (χ1) is 22.6. The molecule has 0 atom stereocenters. The zero-order chi connectivity index (χ0) is 30.9. The maximum atomic E-state index is 15.2. The molecule has 4 aromatic carbocycles. The van der Waals surface area contributed by atoms with E-state index < -0.39 is 7.14 Å². The van der Waals surface area contributed by atoms with E-state index in [1.54, 1.807) is 55.1 Å². The van der Waals surface area contributed by atoms with Crippen molar-refractivity contribution < 1.29 is 56.2 Å². The third-order valence-corrected chi connectivity index (χ3v) is 10.2. The molecule has 0 amide bonds. The molecule has 0 aliphatic carbocycles. The summed E-state index contributed by atoms with van der Waals surface area (Å²) in [6.45, 7) is 0. The van der Waals surface area contributed by atoms with Crippen LogP contribution in [0.3, 0.4) is 0 Å². The fraction of sp³-hybridized carbons (Fsp3) is 0. The van der Waals surface area contributed by atoms with E-state index in [9.17, 15) is 0 Å². The van der Waals surface area contributed by atoms with Crippen LogP contribution in [0.4, 0.5) is 0 Å². The first-order valence-electron chi connectivity index (χ1n) is 14.4. The normalized spacial score (nSPS) is 12.1. The van der Waals surface area contributed by atoms with Crippen molar-refractivity contribution in [3.05, 3.63) is 152 Å². The third-order valence-electron chi connectivity index (χ3n) is 7.41. The first kappa shape index (κ1) is 33.4. The molecule has 7 aromatic rings. The average Bonchev–Trinajstić information content (AvgIpc) is 3.37. The van der Waals surface area contributed by atoms with Crippen LogP contribution in [-0.2, 0) is 46.7 Å². The molecule has 0 saturated heterocycles. The molecule has 0 radical (unpaired) electrons. The summed E-state index contributed by atoms with van der Waals surface area (Å²) < 4.78 is 27.6. The number of hydrogen-bond acceptors (Lipinski definition) is 7. The van der Waals surface area contributed by atoms with Crippen molar-refractivity contribution in [2.24, 2.45) is 0 Å². The Labute approximate surface area is 306 Å². The summed E-state index contributed by atoms with van der Waals surface area (Å²) in [4.78, 5) is 17.7. The summed E-state index contributed by atoms with van der Waals surface area (Å²) in [6.07, 6.45) is 6.63. The quantitative estimate of drug-likeness (QED) is 0.126. The van der Waals surface area contributed by atoms with Gasteiger partial charge in [-0.2, -0.15) is 23.3 Å². The molecule has 0 bridgehead atoms. The summed E-state index contributed by atoms with van der Waals surface area (Å²) in [6, 6.07) is 44.7. The minimum atomic E-state index is -3.61. The van der Waals surface area contributed by atoms with Gasteiger partial charge in [0.25, 0.3) is 0 Å². The van der Waals surface area contributed by atoms with E-state index >= 15 is 4.57 Å². The predicted octanol–water partition coefficient (Wildman–Crippen LogP) is 7.00. The molecule has 1 aliphatic heterocycles. The van der Waals surface area contributed by atoms with Crippen molar-refractivity contribution in [3.63, 3.8) is 0 Å². The van der Waals surface area contributed by atoms with Crippen molar-refractivity contribution in [3.8, 4) is 56.6 Å². The molecule has 7 nitrogen and oxygen atoms in total. The average molecular weight is 1000 g/mol. The van der Waals surface area contributed by atoms with Gasteiger partial charge in [-0.15, -0.1) is 71.8 Å². The van der Waals surface area contributed by atoms with Gasteiger partial charge in [-0.25, -0.2) is 9.97 Å². The molecule has 0 spiro atoms. The maximum absolute atomic E-state index is 15.2. The number of benzene rings is 4. The van der Waals surface area contributed by atoms with Gasteiger partial charge in [0.15, 0.2) is 12.7 Å². The van der Waals surface area contributed by atoms with E-state index in [1.807, 2.05) is 72.8 Å². The van der Waals surface area contributed by atoms with Crippen LogP contribution in [0.15, 0.2) is 128 Å². The van der Waals surface area contributed by atoms with Gasteiger partial charge in [0.2, 0.25) is 0 Å². The van der Waals surface area contributed by atoms with E-state index in [0.717, 1.165) is 33.6 Å². The first-order valence-corrected chi connectivity index (χ1v) is 16.1. The molecule has 0 saturated carbocycles. The van der Waals surface area contributed by atoms with E-state index in [4.69, 9.17) is 9.47 Å². The Bertz CT molecular complexity index is 2120. The minimum absolute atomic E-state index is 0. The summed E-state index contributed by atoms with van der Waals surface area (Å²) in [7, 11) is -3.61. The summed E-state index contributed by atoms with van der Waals surface area (Å²) in [5, 5.41) is 0.897. The Morgan fingerprint density at radius 2 is 0.917 bits per heavy atom. The van der Waals surface area contributed by atoms with Crippen LogP contribution in [0.25, 0.3) is 33.6 Å². The van der Waals surface area contributed by atoms with Gasteiger partial charge in [-0.1, -0.05) is 47.0 Å². The number of hydrogen-bond donors (Lipinski definition) is 0. The van der Waals surface area contributed by atoms with Gasteiger partial charge < -0.3 is 24.0 Å². The molecule has 4 heterocycles. The van der Waals surface area contributed by atoms with Crippen molar-refractivity contribution in [2.75, 3.05) is 0 Å². The molecular weight excluding hydrogens is 982 g/mol. The second kappa shape index (κ2) is 14.3. The molecule has 3 aromatic heterocycles. The maximum Gasteiger partial charge on any atom is 2.00 e. The Kier molecular flexibility index (Phi) is 9.94. The molecule has 0 N–H and O–H groups in total. The molecule has 10 heteroatoms. The molecule has 1 aliphatic rings. The summed E-state index contributed by atoms with van der Waals surface area (Å²) >= 11 is 0. The van der Waals surface area contributed by atoms with Crippen LogP contribution in [0, 0.1) is 24.3 Å². The topological polar surface area (TPSA) is 87.1 Å². The summed E-state index contributed by atoms with van der Waals surface area (Å²) in [5.41, 5.74) is 4.82. The number of aromatic nitrogens is 4. The molecule has 0 fully saturated rings. The van der Waals surface area contributed by atoms with Crippen molar-refractivity contribution >= 4 is 23.3 Å². The second-order valence-electron chi connectivity index (χ2n) is 10.3. The fourth-order valence-electron chi connectivity index (χ4n) is 5.34. The zero-order valence-corrected chi connectivity index (χ0v) is 30.2. The minimum Gasteiger partial charge on any atom is -0.503 e. The van der Waals surface area contributed by atoms with Crippen LogP contribution in [0.2, 0.25) is 0 Å². The van der Waals surface area contributed by atoms with Crippen LogP contribution in [0.5, 0.6) is 23.0 Å². The second-order valence-corrected chi connectivity index (χ2v) is 12.8. The van der Waals surface area contributed by atoms with E-state index in [2.05, 4.69) is 44.2 Å². The van der Waals surface area contributed by atoms with E-state index in [0.29, 0.717) is 33.6 Å². The Morgan fingerprint density at radius 3 is 1.38 bits per heavy atom. The van der Waals surface area contributed by atoms with Gasteiger partial charge in [-0.05, 0) is 29.6 Å². The number of ether oxygens (including phenoxy) is 2. The smallest absolute Gasteiger partial charge is 0.503 e. The predicted molar refractivity (Wildman–Crippen MR) is 175 cm³/mol. The monoisotopic (exact) mass is 1000 g/mol. The van der Waals surface area contributed by atoms with Crippen LogP contribution in [-0.4, -0.2) is 19.9 Å². The number of nitrogens with zero attached hydrogens (tertiary/aromatic N) is 4. The van der Waals surface area contributed by atoms with Gasteiger partial charge in [0.05, 0.1) is 0 Å². The van der Waals surface area contributed by atoms with Crippen molar-refractivity contribution in [2.45, 2.75) is 0 Å². The Hall–Kier alpha value is -4.53. The van der Waals surface area contributed by atoms with Gasteiger partial charge >= 0.3 is 42.1 Å². The van der Waals surface area contributed by atoms with Crippen LogP contribution in [0.1, 0.15) is 0 Å². The molecule has 236 valence electrons. The van der Waals surface area contributed by atoms with E-state index in [1.165, 1.54) is 0 Å². The molecular formula is C38H21N4O3PPt2. The Morgan fingerprint density at radius 1 is 0.458 bits per heavy atom. The van der Waals surface area contributed by atoms with Crippen LogP contribution >= 0.6 is 7.14 Å². The molecule has 48 heavy (non-hydrogen) atoms. The Balaban J connectivity index is 0.00000201. The zero-order valence-electron chi connectivity index (χ0n) is 24.7. The van der Waals surface area contributed by atoms with Crippen LogP contribution < -0.4 is 25.6 Å². The standard InChI is InChI=1S/C38H21N4O3P.2Pt/c43-46(38-41-20-7-21-42-38)36-24-30(44-28-10-5-8-26(22-28)34-12-1-3-18-39-34)14-16-32(36)33-17-15-31(25-37(33)46)45-29-11-6-9-27(23-29)35-13-2-4-19-40-35;;/h1-21H;;/q-4;2*+2. The fourth-order valence-corrected chi connectivity index (χ4v) is 8.02. The largest absolute Gasteiger partial charge is 2.00 e. The van der Waals surface area contributed by atoms with E-state index in [-0.39, 0.29) is 47.7 Å². The van der Waals surface area contributed by atoms with Crippen molar-refractivity contribution in [1.29, 1.82) is 0 Å². The SMILES string of the molecule is O=P1(c2ncccn2)c2[c-]c(Oc3[c-]c(-c4ccccn4)ccc3)ccc2-c2ccc(Oc3[c-]c(-c4ccccn4)ccc3)[c-]c21.[Pt+2].[Pt+2]. The summed E-state index contributed by atoms with van der Waals surface area (Å²) in [5.74, 6) is 1.73. The number of pyridine rings is 2. The third kappa shape index (κ3) is 6.34.